The molecule has 0 spiro atoms. The first-order chi connectivity index (χ1) is 8.91. The summed E-state index contributed by atoms with van der Waals surface area (Å²) in [7, 11) is 0. The number of hydrogen-bond acceptors (Lipinski definition) is 3. The number of carbonyl (C=O) groups excluding carboxylic acids is 1. The maximum Gasteiger partial charge on any atom is 0.168 e. The number of aliphatic imine (C=N–C) groups is 1. The highest BCUT2D eigenvalue weighted by Gasteiger charge is 2.35. The normalized spacial score (nSPS) is 23.8. The number of rotatable bonds is 5. The molecule has 1 N–H and O–H groups in total. The Labute approximate surface area is 116 Å². The van der Waals surface area contributed by atoms with Crippen molar-refractivity contribution < 1.29 is 9.90 Å². The molecule has 108 valence electrons. The van der Waals surface area contributed by atoms with Gasteiger partial charge >= 0.3 is 0 Å². The predicted molar refractivity (Wildman–Crippen MR) is 79.8 cm³/mol. The lowest BCUT2D eigenvalue weighted by Gasteiger charge is -2.31. The lowest BCUT2D eigenvalue weighted by atomic mass is 9.73. The minimum Gasteiger partial charge on any atom is -0.511 e. The molecule has 0 heterocycles. The van der Waals surface area contributed by atoms with Crippen LogP contribution in [0.1, 0.15) is 66.2 Å². The third kappa shape index (κ3) is 4.48. The summed E-state index contributed by atoms with van der Waals surface area (Å²) in [5.41, 5.74) is 1.29. The van der Waals surface area contributed by atoms with Crippen LogP contribution in [0, 0.1) is 5.41 Å². The van der Waals surface area contributed by atoms with Gasteiger partial charge in [0.2, 0.25) is 0 Å². The third-order valence-electron chi connectivity index (χ3n) is 3.44. The molecule has 1 rings (SSSR count). The molecule has 0 aromatic heterocycles. The van der Waals surface area contributed by atoms with Crippen LogP contribution < -0.4 is 0 Å². The van der Waals surface area contributed by atoms with Crippen molar-refractivity contribution in [2.75, 3.05) is 6.54 Å². The van der Waals surface area contributed by atoms with E-state index in [1.54, 1.807) is 0 Å². The molecule has 1 aliphatic rings. The number of allylic oxidation sites excluding steroid dienone is 2. The molecular formula is C16H27NO2. The first-order valence-corrected chi connectivity index (χ1v) is 7.40. The number of ketones is 1. The zero-order valence-corrected chi connectivity index (χ0v) is 12.8. The molecular weight excluding hydrogens is 238 g/mol. The third-order valence-corrected chi connectivity index (χ3v) is 3.44. The number of hydrogen-bond donors (Lipinski definition) is 1. The van der Waals surface area contributed by atoms with Crippen molar-refractivity contribution in [3.63, 3.8) is 0 Å². The summed E-state index contributed by atoms with van der Waals surface area (Å²) in [5, 5.41) is 10.1. The van der Waals surface area contributed by atoms with Gasteiger partial charge in [0.05, 0.1) is 5.57 Å². The Bertz CT molecular complexity index is 392. The largest absolute Gasteiger partial charge is 0.511 e. The van der Waals surface area contributed by atoms with Crippen molar-refractivity contribution in [2.45, 2.75) is 66.2 Å². The summed E-state index contributed by atoms with van der Waals surface area (Å²) < 4.78 is 0. The van der Waals surface area contributed by atoms with Gasteiger partial charge in [-0.2, -0.15) is 0 Å². The maximum atomic E-state index is 12.3. The molecule has 0 aromatic rings. The van der Waals surface area contributed by atoms with Gasteiger partial charge in [0.1, 0.15) is 5.76 Å². The lowest BCUT2D eigenvalue weighted by molar-refractivity contribution is -0.117. The number of aliphatic hydroxyl groups excluding tert-OH is 1. The zero-order chi connectivity index (χ0) is 14.5. The minimum atomic E-state index is -0.0435. The summed E-state index contributed by atoms with van der Waals surface area (Å²) in [6.45, 7) is 9.06. The van der Waals surface area contributed by atoms with Gasteiger partial charge in [0.25, 0.3) is 0 Å². The second kappa shape index (κ2) is 6.88. The summed E-state index contributed by atoms with van der Waals surface area (Å²) >= 11 is 0. The summed E-state index contributed by atoms with van der Waals surface area (Å²) in [4.78, 5) is 16.9. The molecule has 3 heteroatoms. The lowest BCUT2D eigenvalue weighted by Crippen LogP contribution is -2.32. The van der Waals surface area contributed by atoms with Gasteiger partial charge in [-0.25, -0.2) is 0 Å². The fourth-order valence-corrected chi connectivity index (χ4v) is 2.48. The smallest absolute Gasteiger partial charge is 0.168 e. The monoisotopic (exact) mass is 265 g/mol. The minimum absolute atomic E-state index is 0.0435. The molecule has 0 atom stereocenters. The molecule has 0 aliphatic heterocycles. The van der Waals surface area contributed by atoms with E-state index < -0.39 is 0 Å². The van der Waals surface area contributed by atoms with Gasteiger partial charge in [0, 0.05) is 25.1 Å². The average molecular weight is 265 g/mol. The van der Waals surface area contributed by atoms with Gasteiger partial charge in [-0.1, -0.05) is 34.1 Å². The molecule has 1 aliphatic carbocycles. The standard InChI is InChI=1S/C16H27NO2/c1-5-7-9-17-12-10-16(3,4)11-14(19)15(12)13(18)8-6-2/h18H,5-11H2,1-4H3. The van der Waals surface area contributed by atoms with Gasteiger partial charge in [-0.15, -0.1) is 0 Å². The van der Waals surface area contributed by atoms with Gasteiger partial charge in [-0.3, -0.25) is 9.79 Å². The molecule has 0 unspecified atom stereocenters. The molecule has 3 nitrogen and oxygen atoms in total. The summed E-state index contributed by atoms with van der Waals surface area (Å²) in [6, 6.07) is 0. The first-order valence-electron chi connectivity index (χ1n) is 7.40. The van der Waals surface area contributed by atoms with Crippen LogP contribution >= 0.6 is 0 Å². The van der Waals surface area contributed by atoms with Crippen molar-refractivity contribution in [3.05, 3.63) is 11.3 Å². The second-order valence-corrected chi connectivity index (χ2v) is 6.19. The molecule has 0 bridgehead atoms. The highest BCUT2D eigenvalue weighted by molar-refractivity contribution is 6.24. The number of nitrogens with zero attached hydrogens (tertiary/aromatic N) is 1. The molecule has 1 fully saturated rings. The van der Waals surface area contributed by atoms with E-state index in [2.05, 4.69) is 25.8 Å². The Balaban J connectivity index is 3.05. The van der Waals surface area contributed by atoms with E-state index >= 15 is 0 Å². The topological polar surface area (TPSA) is 49.7 Å². The molecule has 0 radical (unpaired) electrons. The van der Waals surface area contributed by atoms with E-state index in [0.29, 0.717) is 18.4 Å². The van der Waals surface area contributed by atoms with Gasteiger partial charge < -0.3 is 5.11 Å². The van der Waals surface area contributed by atoms with E-state index in [9.17, 15) is 9.90 Å². The van der Waals surface area contributed by atoms with Gasteiger partial charge in [0.15, 0.2) is 5.78 Å². The van der Waals surface area contributed by atoms with Crippen molar-refractivity contribution in [1.82, 2.24) is 0 Å². The fraction of sp³-hybridized carbons (Fsp3) is 0.750. The fourth-order valence-electron chi connectivity index (χ4n) is 2.48. The van der Waals surface area contributed by atoms with Gasteiger partial charge in [-0.05, 0) is 24.7 Å². The molecule has 0 amide bonds. The Hall–Kier alpha value is -1.12. The van der Waals surface area contributed by atoms with E-state index in [0.717, 1.165) is 37.9 Å². The number of carbonyl (C=O) groups is 1. The first kappa shape index (κ1) is 15.9. The number of Topliss-reactive ketones (excluding diaryl/α,β-unsaturated/α-hetero) is 1. The number of unbranched alkanes of at least 4 members (excludes halogenated alkanes) is 1. The van der Waals surface area contributed by atoms with Crippen molar-refractivity contribution in [1.29, 1.82) is 0 Å². The SMILES string of the molecule is CCCCN=C1CC(C)(C)CC(=O)C1=C(O)CCC. The quantitative estimate of drug-likeness (QED) is 0.459. The molecule has 1 saturated carbocycles. The Morgan fingerprint density at radius 2 is 1.95 bits per heavy atom. The summed E-state index contributed by atoms with van der Waals surface area (Å²) in [5.74, 6) is 0.288. The predicted octanol–water partition coefficient (Wildman–Crippen LogP) is 4.23. The molecule has 0 aromatic carbocycles. The van der Waals surface area contributed by atoms with Crippen molar-refractivity contribution in [2.24, 2.45) is 10.4 Å². The Morgan fingerprint density at radius 1 is 1.26 bits per heavy atom. The Morgan fingerprint density at radius 3 is 2.53 bits per heavy atom. The molecule has 19 heavy (non-hydrogen) atoms. The summed E-state index contributed by atoms with van der Waals surface area (Å²) in [6.07, 6.45) is 4.81. The highest BCUT2D eigenvalue weighted by atomic mass is 16.3. The maximum absolute atomic E-state index is 12.3. The van der Waals surface area contributed by atoms with Crippen LogP contribution in [0.5, 0.6) is 0 Å². The van der Waals surface area contributed by atoms with E-state index in [1.165, 1.54) is 0 Å². The van der Waals surface area contributed by atoms with E-state index in [-0.39, 0.29) is 17.0 Å². The van der Waals surface area contributed by atoms with Crippen LogP contribution in [-0.2, 0) is 4.79 Å². The van der Waals surface area contributed by atoms with Crippen molar-refractivity contribution in [3.8, 4) is 0 Å². The van der Waals surface area contributed by atoms with Crippen LogP contribution in [0.2, 0.25) is 0 Å². The van der Waals surface area contributed by atoms with Crippen LogP contribution in [0.4, 0.5) is 0 Å². The van der Waals surface area contributed by atoms with Crippen LogP contribution in [0.15, 0.2) is 16.3 Å². The molecule has 0 saturated heterocycles. The zero-order valence-electron chi connectivity index (χ0n) is 12.8. The Kier molecular flexibility index (Phi) is 5.77. The van der Waals surface area contributed by atoms with Crippen molar-refractivity contribution >= 4 is 11.5 Å². The highest BCUT2D eigenvalue weighted by Crippen LogP contribution is 2.35. The van der Waals surface area contributed by atoms with Crippen LogP contribution in [0.3, 0.4) is 0 Å². The number of aliphatic hydroxyl groups is 1. The van der Waals surface area contributed by atoms with Crippen LogP contribution in [-0.4, -0.2) is 23.1 Å². The second-order valence-electron chi connectivity index (χ2n) is 6.19. The van der Waals surface area contributed by atoms with E-state index in [1.807, 2.05) is 6.92 Å². The van der Waals surface area contributed by atoms with Crippen LogP contribution in [0.25, 0.3) is 0 Å². The average Bonchev–Trinajstić information content (AvgIpc) is 2.27. The van der Waals surface area contributed by atoms with E-state index in [4.69, 9.17) is 0 Å².